The molecule has 5 nitrogen and oxygen atoms in total. The average molecular weight is 287 g/mol. The lowest BCUT2D eigenvalue weighted by molar-refractivity contribution is 0.0140. The summed E-state index contributed by atoms with van der Waals surface area (Å²) >= 11 is 0. The summed E-state index contributed by atoms with van der Waals surface area (Å²) in [6.07, 6.45) is 3.72. The highest BCUT2D eigenvalue weighted by atomic mass is 16.5. The van der Waals surface area contributed by atoms with Crippen molar-refractivity contribution in [3.8, 4) is 0 Å². The van der Waals surface area contributed by atoms with E-state index >= 15 is 0 Å². The molecule has 3 N–H and O–H groups in total. The maximum Gasteiger partial charge on any atom is 0.256 e. The molecule has 2 aromatic rings. The van der Waals surface area contributed by atoms with Crippen molar-refractivity contribution in [2.75, 3.05) is 20.2 Å². The third-order valence-electron chi connectivity index (χ3n) is 4.35. The van der Waals surface area contributed by atoms with Gasteiger partial charge >= 0.3 is 0 Å². The van der Waals surface area contributed by atoms with Crippen LogP contribution in [0.25, 0.3) is 10.9 Å². The van der Waals surface area contributed by atoms with Crippen LogP contribution in [0, 0.1) is 0 Å². The highest BCUT2D eigenvalue weighted by molar-refractivity contribution is 6.05. The van der Waals surface area contributed by atoms with Crippen LogP contribution in [-0.4, -0.2) is 48.1 Å². The molecule has 0 spiro atoms. The largest absolute Gasteiger partial charge is 0.381 e. The lowest BCUT2D eigenvalue weighted by atomic mass is 9.98. The van der Waals surface area contributed by atoms with Crippen molar-refractivity contribution in [1.82, 2.24) is 9.88 Å². The number of likely N-dealkylation sites (tertiary alicyclic amines) is 1. The Hall–Kier alpha value is -1.85. The molecule has 2 unspecified atom stereocenters. The maximum absolute atomic E-state index is 12.9. The molecule has 1 aromatic carbocycles. The summed E-state index contributed by atoms with van der Waals surface area (Å²) in [5.41, 5.74) is 7.47. The molecule has 1 aromatic heterocycles. The third kappa shape index (κ3) is 2.54. The third-order valence-corrected chi connectivity index (χ3v) is 4.35. The summed E-state index contributed by atoms with van der Waals surface area (Å²) in [6.45, 7) is 1.16. The van der Waals surface area contributed by atoms with E-state index in [1.54, 1.807) is 7.11 Å². The molecule has 3 rings (SSSR count). The van der Waals surface area contributed by atoms with E-state index in [9.17, 15) is 4.79 Å². The SMILES string of the molecule is COC1CCN(C(=O)c2cccc3cc[nH]c23)C(CN)C1. The summed E-state index contributed by atoms with van der Waals surface area (Å²) < 4.78 is 5.42. The van der Waals surface area contributed by atoms with Crippen LogP contribution < -0.4 is 5.73 Å². The monoisotopic (exact) mass is 287 g/mol. The first-order valence-corrected chi connectivity index (χ1v) is 7.34. The van der Waals surface area contributed by atoms with Crippen molar-refractivity contribution in [2.24, 2.45) is 5.73 Å². The maximum atomic E-state index is 12.9. The molecule has 0 radical (unpaired) electrons. The van der Waals surface area contributed by atoms with Crippen molar-refractivity contribution >= 4 is 16.8 Å². The van der Waals surface area contributed by atoms with E-state index in [2.05, 4.69) is 4.98 Å². The van der Waals surface area contributed by atoms with Gasteiger partial charge in [-0.05, 0) is 25.0 Å². The molecule has 21 heavy (non-hydrogen) atoms. The number of hydrogen-bond acceptors (Lipinski definition) is 3. The molecule has 0 aliphatic carbocycles. The van der Waals surface area contributed by atoms with E-state index in [-0.39, 0.29) is 18.1 Å². The molecule has 5 heteroatoms. The van der Waals surface area contributed by atoms with Gasteiger partial charge in [0.1, 0.15) is 0 Å². The Morgan fingerprint density at radius 1 is 1.48 bits per heavy atom. The quantitative estimate of drug-likeness (QED) is 0.903. The first kappa shape index (κ1) is 14.1. The van der Waals surface area contributed by atoms with Crippen molar-refractivity contribution in [3.63, 3.8) is 0 Å². The van der Waals surface area contributed by atoms with Crippen LogP contribution >= 0.6 is 0 Å². The number of rotatable bonds is 3. The lowest BCUT2D eigenvalue weighted by Gasteiger charge is -2.38. The van der Waals surface area contributed by atoms with Gasteiger partial charge in [-0.25, -0.2) is 0 Å². The number of piperidine rings is 1. The number of nitrogens with zero attached hydrogens (tertiary/aromatic N) is 1. The predicted octanol–water partition coefficient (Wildman–Crippen LogP) is 1.75. The molecule has 1 aliphatic rings. The van der Waals surface area contributed by atoms with Crippen LogP contribution in [0.4, 0.5) is 0 Å². The first-order chi connectivity index (χ1) is 10.2. The number of ether oxygens (including phenoxy) is 1. The molecular formula is C16H21N3O2. The number of nitrogens with two attached hydrogens (primary N) is 1. The molecule has 1 saturated heterocycles. The number of methoxy groups -OCH3 is 1. The van der Waals surface area contributed by atoms with E-state index < -0.39 is 0 Å². The van der Waals surface area contributed by atoms with Gasteiger partial charge in [-0.3, -0.25) is 4.79 Å². The minimum atomic E-state index is 0.0430. The fraction of sp³-hybridized carbons (Fsp3) is 0.438. The van der Waals surface area contributed by atoms with Crippen LogP contribution in [0.3, 0.4) is 0 Å². The summed E-state index contributed by atoms with van der Waals surface area (Å²) in [4.78, 5) is 17.9. The van der Waals surface area contributed by atoms with Gasteiger partial charge in [0.2, 0.25) is 0 Å². The summed E-state index contributed by atoms with van der Waals surface area (Å²) in [5.74, 6) is 0.0491. The topological polar surface area (TPSA) is 71.3 Å². The molecule has 0 saturated carbocycles. The van der Waals surface area contributed by atoms with Gasteiger partial charge in [-0.1, -0.05) is 12.1 Å². The Morgan fingerprint density at radius 3 is 3.10 bits per heavy atom. The number of para-hydroxylation sites is 1. The molecule has 2 heterocycles. The van der Waals surface area contributed by atoms with Gasteiger partial charge in [0.05, 0.1) is 17.2 Å². The Balaban J connectivity index is 1.89. The molecule has 2 atom stereocenters. The summed E-state index contributed by atoms with van der Waals surface area (Å²) in [6, 6.07) is 7.81. The number of aromatic amines is 1. The van der Waals surface area contributed by atoms with Crippen molar-refractivity contribution in [2.45, 2.75) is 25.0 Å². The summed E-state index contributed by atoms with van der Waals surface area (Å²) in [5, 5.41) is 1.05. The number of benzene rings is 1. The highest BCUT2D eigenvalue weighted by Gasteiger charge is 2.31. The number of fused-ring (bicyclic) bond motifs is 1. The fourth-order valence-electron chi connectivity index (χ4n) is 3.14. The van der Waals surface area contributed by atoms with Crippen LogP contribution in [0.2, 0.25) is 0 Å². The smallest absolute Gasteiger partial charge is 0.256 e. The Bertz CT molecular complexity index is 637. The fourth-order valence-corrected chi connectivity index (χ4v) is 3.14. The Kier molecular flexibility index (Phi) is 3.94. The minimum Gasteiger partial charge on any atom is -0.381 e. The van der Waals surface area contributed by atoms with Gasteiger partial charge in [-0.15, -0.1) is 0 Å². The lowest BCUT2D eigenvalue weighted by Crippen LogP contribution is -2.51. The average Bonchev–Trinajstić information content (AvgIpc) is 3.02. The van der Waals surface area contributed by atoms with Gasteiger partial charge in [0.25, 0.3) is 5.91 Å². The first-order valence-electron chi connectivity index (χ1n) is 7.34. The number of hydrogen-bond donors (Lipinski definition) is 2. The van der Waals surface area contributed by atoms with Crippen LogP contribution in [0.5, 0.6) is 0 Å². The van der Waals surface area contributed by atoms with Crippen molar-refractivity contribution in [3.05, 3.63) is 36.0 Å². The molecule has 0 bridgehead atoms. The molecule has 1 fully saturated rings. The van der Waals surface area contributed by atoms with E-state index in [0.717, 1.165) is 23.7 Å². The van der Waals surface area contributed by atoms with Gasteiger partial charge < -0.3 is 20.4 Å². The minimum absolute atomic E-state index is 0.0430. The van der Waals surface area contributed by atoms with E-state index in [1.807, 2.05) is 35.4 Å². The standard InChI is InChI=1S/C16H21N3O2/c1-21-13-6-8-19(12(9-13)10-17)16(20)14-4-2-3-11-5-7-18-15(11)14/h2-5,7,12-13,18H,6,8-10,17H2,1H3. The number of carbonyl (C=O) groups is 1. The molecule has 112 valence electrons. The molecular weight excluding hydrogens is 266 g/mol. The number of aromatic nitrogens is 1. The van der Waals surface area contributed by atoms with Gasteiger partial charge in [0, 0.05) is 37.8 Å². The van der Waals surface area contributed by atoms with Gasteiger partial charge in [-0.2, -0.15) is 0 Å². The second kappa shape index (κ2) is 5.87. The normalized spacial score (nSPS) is 22.7. The Labute approximate surface area is 124 Å². The van der Waals surface area contributed by atoms with E-state index in [4.69, 9.17) is 10.5 Å². The second-order valence-electron chi connectivity index (χ2n) is 5.52. The van der Waals surface area contributed by atoms with Gasteiger partial charge in [0.15, 0.2) is 0 Å². The Morgan fingerprint density at radius 2 is 2.33 bits per heavy atom. The van der Waals surface area contributed by atoms with Crippen LogP contribution in [0.1, 0.15) is 23.2 Å². The number of nitrogens with one attached hydrogen (secondary N) is 1. The molecule has 1 amide bonds. The van der Waals surface area contributed by atoms with Crippen LogP contribution in [0.15, 0.2) is 30.5 Å². The summed E-state index contributed by atoms with van der Waals surface area (Å²) in [7, 11) is 1.72. The zero-order valence-electron chi connectivity index (χ0n) is 12.2. The zero-order valence-corrected chi connectivity index (χ0v) is 12.2. The molecule has 1 aliphatic heterocycles. The zero-order chi connectivity index (χ0) is 14.8. The number of amides is 1. The van der Waals surface area contributed by atoms with Crippen LogP contribution in [-0.2, 0) is 4.74 Å². The predicted molar refractivity (Wildman–Crippen MR) is 82.2 cm³/mol. The van der Waals surface area contributed by atoms with Crippen molar-refractivity contribution in [1.29, 1.82) is 0 Å². The highest BCUT2D eigenvalue weighted by Crippen LogP contribution is 2.24. The second-order valence-corrected chi connectivity index (χ2v) is 5.52. The van der Waals surface area contributed by atoms with E-state index in [0.29, 0.717) is 18.7 Å². The van der Waals surface area contributed by atoms with E-state index in [1.165, 1.54) is 0 Å². The van der Waals surface area contributed by atoms with Crippen molar-refractivity contribution < 1.29 is 9.53 Å². The number of H-pyrrole nitrogens is 1. The number of carbonyl (C=O) groups excluding carboxylic acids is 1.